The van der Waals surface area contributed by atoms with Crippen LogP contribution in [-0.4, -0.2) is 15.0 Å². The number of aryl methyl sites for hydroxylation is 1. The molecular weight excluding hydrogens is 320 g/mol. The van der Waals surface area contributed by atoms with Crippen molar-refractivity contribution in [3.8, 4) is 17.2 Å². The summed E-state index contributed by atoms with van der Waals surface area (Å²) in [6.07, 6.45) is 2.65. The van der Waals surface area contributed by atoms with Crippen LogP contribution in [0.5, 0.6) is 0 Å². The minimum absolute atomic E-state index is 0.129. The van der Waals surface area contributed by atoms with Crippen molar-refractivity contribution in [1.82, 2.24) is 4.72 Å². The molecule has 0 spiro atoms. The summed E-state index contributed by atoms with van der Waals surface area (Å²) in [5.74, 6) is 0. The van der Waals surface area contributed by atoms with Gasteiger partial charge < -0.3 is 0 Å². The Labute approximate surface area is 144 Å². The van der Waals surface area contributed by atoms with Crippen LogP contribution < -0.4 is 4.72 Å². The third kappa shape index (κ3) is 4.22. The smallest absolute Gasteiger partial charge is 0.211 e. The number of benzene rings is 2. The van der Waals surface area contributed by atoms with E-state index in [1.54, 1.807) is 12.1 Å². The molecule has 0 aliphatic carbocycles. The van der Waals surface area contributed by atoms with Crippen LogP contribution in [0.4, 0.5) is 0 Å². The van der Waals surface area contributed by atoms with Gasteiger partial charge in [0.05, 0.1) is 16.5 Å². The Morgan fingerprint density at radius 1 is 1.08 bits per heavy atom. The maximum absolute atomic E-state index is 12.3. The molecule has 5 heteroatoms. The van der Waals surface area contributed by atoms with Gasteiger partial charge in [-0.1, -0.05) is 50.6 Å². The second-order valence-corrected chi connectivity index (χ2v) is 7.39. The third-order valence-electron chi connectivity index (χ3n) is 3.92. The number of unbranched alkanes of at least 4 members (excludes halogenated alkanes) is 1. The van der Waals surface area contributed by atoms with Gasteiger partial charge in [-0.3, -0.25) is 0 Å². The van der Waals surface area contributed by atoms with Crippen molar-refractivity contribution in [1.29, 1.82) is 5.26 Å². The van der Waals surface area contributed by atoms with Crippen LogP contribution in [-0.2, 0) is 16.4 Å². The van der Waals surface area contributed by atoms with E-state index in [9.17, 15) is 13.7 Å². The predicted molar refractivity (Wildman–Crippen MR) is 96.1 cm³/mol. The van der Waals surface area contributed by atoms with E-state index in [0.29, 0.717) is 12.1 Å². The molecule has 0 heterocycles. The van der Waals surface area contributed by atoms with E-state index in [1.807, 2.05) is 31.2 Å². The SMILES string of the molecule is CCCCNS(=O)(=O)c1ccc(-c2ccc(CC)cc2)c(C#N)c1. The van der Waals surface area contributed by atoms with E-state index >= 15 is 0 Å². The minimum atomic E-state index is -3.58. The summed E-state index contributed by atoms with van der Waals surface area (Å²) in [4.78, 5) is 0.129. The molecule has 126 valence electrons. The zero-order chi connectivity index (χ0) is 17.6. The lowest BCUT2D eigenvalue weighted by Crippen LogP contribution is -2.24. The van der Waals surface area contributed by atoms with Crippen molar-refractivity contribution < 1.29 is 8.42 Å². The Balaban J connectivity index is 2.35. The summed E-state index contributed by atoms with van der Waals surface area (Å²) >= 11 is 0. The molecule has 0 saturated heterocycles. The Bertz CT molecular complexity index is 835. The van der Waals surface area contributed by atoms with E-state index in [4.69, 9.17) is 0 Å². The molecule has 0 amide bonds. The zero-order valence-corrected chi connectivity index (χ0v) is 14.9. The standard InChI is InChI=1S/C19H22N2O2S/c1-3-5-12-21-24(22,23)18-10-11-19(17(13-18)14-20)16-8-6-15(4-2)7-9-16/h6-11,13,21H,3-5,12H2,1-2H3. The van der Waals surface area contributed by atoms with Crippen molar-refractivity contribution in [3.63, 3.8) is 0 Å². The zero-order valence-electron chi connectivity index (χ0n) is 14.0. The summed E-state index contributed by atoms with van der Waals surface area (Å²) in [7, 11) is -3.58. The molecule has 0 fully saturated rings. The van der Waals surface area contributed by atoms with E-state index in [1.165, 1.54) is 11.6 Å². The normalized spacial score (nSPS) is 11.2. The highest BCUT2D eigenvalue weighted by molar-refractivity contribution is 7.89. The average molecular weight is 342 g/mol. The quantitative estimate of drug-likeness (QED) is 0.777. The summed E-state index contributed by atoms with van der Waals surface area (Å²) in [5.41, 5.74) is 3.23. The van der Waals surface area contributed by atoms with Gasteiger partial charge >= 0.3 is 0 Å². The molecular formula is C19H22N2O2S. The van der Waals surface area contributed by atoms with Crippen molar-refractivity contribution >= 4 is 10.0 Å². The second kappa shape index (κ2) is 8.09. The molecule has 0 saturated carbocycles. The molecule has 2 aromatic rings. The summed E-state index contributed by atoms with van der Waals surface area (Å²) in [5, 5.41) is 9.42. The van der Waals surface area contributed by atoms with Crippen molar-refractivity contribution in [2.24, 2.45) is 0 Å². The number of hydrogen-bond acceptors (Lipinski definition) is 3. The van der Waals surface area contributed by atoms with E-state index in [2.05, 4.69) is 17.7 Å². The molecule has 0 radical (unpaired) electrons. The lowest BCUT2D eigenvalue weighted by molar-refractivity contribution is 0.578. The van der Waals surface area contributed by atoms with Gasteiger partial charge in [0.25, 0.3) is 0 Å². The highest BCUT2D eigenvalue weighted by Gasteiger charge is 2.16. The molecule has 4 nitrogen and oxygen atoms in total. The molecule has 0 aliphatic heterocycles. The third-order valence-corrected chi connectivity index (χ3v) is 5.38. The first kappa shape index (κ1) is 18.2. The molecule has 24 heavy (non-hydrogen) atoms. The molecule has 0 bridgehead atoms. The van der Waals surface area contributed by atoms with Gasteiger partial charge in [-0.25, -0.2) is 13.1 Å². The van der Waals surface area contributed by atoms with Crippen LogP contribution in [0.3, 0.4) is 0 Å². The van der Waals surface area contributed by atoms with Gasteiger partial charge in [0.1, 0.15) is 0 Å². The molecule has 0 aliphatic rings. The number of rotatable bonds is 7. The Morgan fingerprint density at radius 3 is 2.38 bits per heavy atom. The van der Waals surface area contributed by atoms with Gasteiger partial charge in [0.2, 0.25) is 10.0 Å². The molecule has 2 rings (SSSR count). The first-order valence-electron chi connectivity index (χ1n) is 8.15. The van der Waals surface area contributed by atoms with Crippen molar-refractivity contribution in [2.75, 3.05) is 6.54 Å². The number of hydrogen-bond donors (Lipinski definition) is 1. The van der Waals surface area contributed by atoms with Gasteiger partial charge in [-0.05, 0) is 41.7 Å². The summed E-state index contributed by atoms with van der Waals surface area (Å²) in [6, 6.07) is 14.8. The molecule has 0 atom stereocenters. The molecule has 0 aromatic heterocycles. The topological polar surface area (TPSA) is 70.0 Å². The number of nitriles is 1. The van der Waals surface area contributed by atoms with Crippen LogP contribution in [0.2, 0.25) is 0 Å². The number of sulfonamides is 1. The molecule has 1 N–H and O–H groups in total. The van der Waals surface area contributed by atoms with Crippen LogP contribution in [0, 0.1) is 11.3 Å². The van der Waals surface area contributed by atoms with E-state index in [-0.39, 0.29) is 4.90 Å². The number of nitrogens with one attached hydrogen (secondary N) is 1. The second-order valence-electron chi connectivity index (χ2n) is 5.62. The fourth-order valence-electron chi connectivity index (χ4n) is 2.42. The Kier molecular flexibility index (Phi) is 6.13. The Morgan fingerprint density at radius 2 is 1.79 bits per heavy atom. The molecule has 2 aromatic carbocycles. The minimum Gasteiger partial charge on any atom is -0.211 e. The van der Waals surface area contributed by atoms with Crippen LogP contribution >= 0.6 is 0 Å². The van der Waals surface area contributed by atoms with Gasteiger partial charge in [-0.2, -0.15) is 5.26 Å². The first-order valence-corrected chi connectivity index (χ1v) is 9.63. The van der Waals surface area contributed by atoms with Gasteiger partial charge in [0, 0.05) is 6.54 Å². The highest BCUT2D eigenvalue weighted by Crippen LogP contribution is 2.26. The van der Waals surface area contributed by atoms with E-state index < -0.39 is 10.0 Å². The fraction of sp³-hybridized carbons (Fsp3) is 0.316. The predicted octanol–water partition coefficient (Wildman–Crippen LogP) is 3.87. The number of nitrogens with zero attached hydrogens (tertiary/aromatic N) is 1. The Hall–Kier alpha value is -2.16. The average Bonchev–Trinajstić information content (AvgIpc) is 2.61. The highest BCUT2D eigenvalue weighted by atomic mass is 32.2. The monoisotopic (exact) mass is 342 g/mol. The largest absolute Gasteiger partial charge is 0.240 e. The first-order chi connectivity index (χ1) is 11.5. The summed E-state index contributed by atoms with van der Waals surface area (Å²) in [6.45, 7) is 4.49. The van der Waals surface area contributed by atoms with Crippen LogP contribution in [0.25, 0.3) is 11.1 Å². The fourth-order valence-corrected chi connectivity index (χ4v) is 3.52. The maximum Gasteiger partial charge on any atom is 0.240 e. The van der Waals surface area contributed by atoms with Crippen LogP contribution in [0.15, 0.2) is 47.4 Å². The molecule has 0 unspecified atom stereocenters. The van der Waals surface area contributed by atoms with Crippen molar-refractivity contribution in [2.45, 2.75) is 38.0 Å². The van der Waals surface area contributed by atoms with E-state index in [0.717, 1.165) is 30.4 Å². The maximum atomic E-state index is 12.3. The van der Waals surface area contributed by atoms with Gasteiger partial charge in [0.15, 0.2) is 0 Å². The lowest BCUT2D eigenvalue weighted by Gasteiger charge is -2.10. The van der Waals surface area contributed by atoms with Gasteiger partial charge in [-0.15, -0.1) is 0 Å². The summed E-state index contributed by atoms with van der Waals surface area (Å²) < 4.78 is 27.1. The lowest BCUT2D eigenvalue weighted by atomic mass is 9.99. The van der Waals surface area contributed by atoms with Crippen LogP contribution in [0.1, 0.15) is 37.8 Å². The van der Waals surface area contributed by atoms with Crippen molar-refractivity contribution in [3.05, 3.63) is 53.6 Å².